The molecule has 0 unspecified atom stereocenters. The van der Waals surface area contributed by atoms with E-state index in [0.29, 0.717) is 4.99 Å². The molecule has 2 rings (SSSR count). The molecule has 1 heterocycles. The van der Waals surface area contributed by atoms with Gasteiger partial charge >= 0.3 is 0 Å². The number of thiocarbonyl (C=S) groups is 1. The summed E-state index contributed by atoms with van der Waals surface area (Å²) in [5.41, 5.74) is 8.63. The second kappa shape index (κ2) is 4.75. The van der Waals surface area contributed by atoms with Crippen LogP contribution in [0.15, 0.2) is 24.3 Å². The number of fused-ring (bicyclic) bond motifs is 1. The Labute approximate surface area is 109 Å². The van der Waals surface area contributed by atoms with Gasteiger partial charge in [0.05, 0.1) is 4.99 Å². The third kappa shape index (κ3) is 2.85. The molecule has 0 aromatic heterocycles. The van der Waals surface area contributed by atoms with Gasteiger partial charge in [-0.05, 0) is 24.1 Å². The summed E-state index contributed by atoms with van der Waals surface area (Å²) in [6, 6.07) is 8.66. The minimum absolute atomic E-state index is 0.0376. The van der Waals surface area contributed by atoms with E-state index in [4.69, 9.17) is 18.0 Å². The molecule has 0 saturated carbocycles. The van der Waals surface area contributed by atoms with Crippen molar-refractivity contribution in [3.8, 4) is 0 Å². The van der Waals surface area contributed by atoms with E-state index in [1.165, 1.54) is 11.1 Å². The SMILES string of the molecule is CC(C)(CCN1Cc2ccccc2C1)C(N)=S. The Morgan fingerprint density at radius 2 is 1.82 bits per heavy atom. The second-order valence-corrected chi connectivity index (χ2v) is 5.92. The molecule has 1 aromatic carbocycles. The molecular formula is C14H20N2S. The smallest absolute Gasteiger partial charge is 0.0784 e. The van der Waals surface area contributed by atoms with E-state index in [9.17, 15) is 0 Å². The number of benzene rings is 1. The van der Waals surface area contributed by atoms with E-state index >= 15 is 0 Å². The van der Waals surface area contributed by atoms with Crippen molar-refractivity contribution in [3.63, 3.8) is 0 Å². The van der Waals surface area contributed by atoms with Gasteiger partial charge in [0, 0.05) is 18.5 Å². The maximum Gasteiger partial charge on any atom is 0.0784 e. The van der Waals surface area contributed by atoms with E-state index in [2.05, 4.69) is 43.0 Å². The minimum Gasteiger partial charge on any atom is -0.393 e. The molecule has 0 radical (unpaired) electrons. The molecule has 2 nitrogen and oxygen atoms in total. The number of nitrogens with two attached hydrogens (primary N) is 1. The van der Waals surface area contributed by atoms with E-state index in [0.717, 1.165) is 26.1 Å². The number of hydrogen-bond donors (Lipinski definition) is 1. The van der Waals surface area contributed by atoms with Crippen molar-refractivity contribution in [3.05, 3.63) is 35.4 Å². The van der Waals surface area contributed by atoms with Gasteiger partial charge in [-0.15, -0.1) is 0 Å². The predicted molar refractivity (Wildman–Crippen MR) is 75.7 cm³/mol. The van der Waals surface area contributed by atoms with Crippen LogP contribution in [-0.2, 0) is 13.1 Å². The molecule has 3 heteroatoms. The van der Waals surface area contributed by atoms with Crippen LogP contribution in [0, 0.1) is 5.41 Å². The van der Waals surface area contributed by atoms with Crippen molar-refractivity contribution in [1.82, 2.24) is 4.90 Å². The lowest BCUT2D eigenvalue weighted by molar-refractivity contribution is 0.252. The normalized spacial score (nSPS) is 15.9. The third-order valence-corrected chi connectivity index (χ3v) is 4.18. The van der Waals surface area contributed by atoms with E-state index in [1.807, 2.05) is 0 Å². The van der Waals surface area contributed by atoms with Gasteiger partial charge in [-0.1, -0.05) is 50.3 Å². The van der Waals surface area contributed by atoms with Crippen molar-refractivity contribution < 1.29 is 0 Å². The first-order valence-electron chi connectivity index (χ1n) is 6.08. The highest BCUT2D eigenvalue weighted by Gasteiger charge is 2.24. The Morgan fingerprint density at radius 1 is 1.29 bits per heavy atom. The molecule has 0 saturated heterocycles. The number of nitrogens with zero attached hydrogens (tertiary/aromatic N) is 1. The molecule has 1 aromatic rings. The standard InChI is InChI=1S/C14H20N2S/c1-14(2,13(15)17)7-8-16-9-11-5-3-4-6-12(11)10-16/h3-6H,7-10H2,1-2H3,(H2,15,17). The zero-order valence-corrected chi connectivity index (χ0v) is 11.4. The van der Waals surface area contributed by atoms with Crippen LogP contribution < -0.4 is 5.73 Å². The molecule has 0 atom stereocenters. The summed E-state index contributed by atoms with van der Waals surface area (Å²) in [5, 5.41) is 0. The van der Waals surface area contributed by atoms with Gasteiger partial charge < -0.3 is 5.73 Å². The average Bonchev–Trinajstić information content (AvgIpc) is 2.69. The van der Waals surface area contributed by atoms with E-state index < -0.39 is 0 Å². The lowest BCUT2D eigenvalue weighted by Crippen LogP contribution is -2.33. The summed E-state index contributed by atoms with van der Waals surface area (Å²) in [4.78, 5) is 3.08. The van der Waals surface area contributed by atoms with Crippen LogP contribution in [0.3, 0.4) is 0 Å². The zero-order chi connectivity index (χ0) is 12.5. The Balaban J connectivity index is 1.91. The molecule has 0 aliphatic carbocycles. The molecular weight excluding hydrogens is 228 g/mol. The Morgan fingerprint density at radius 3 is 2.29 bits per heavy atom. The molecule has 0 fully saturated rings. The van der Waals surface area contributed by atoms with Gasteiger partial charge in [0.1, 0.15) is 0 Å². The predicted octanol–water partition coefficient (Wildman–Crippen LogP) is 2.70. The molecule has 2 N–H and O–H groups in total. The van der Waals surface area contributed by atoms with Crippen LogP contribution in [0.1, 0.15) is 31.4 Å². The van der Waals surface area contributed by atoms with Crippen molar-refractivity contribution >= 4 is 17.2 Å². The van der Waals surface area contributed by atoms with Crippen LogP contribution in [0.25, 0.3) is 0 Å². The van der Waals surface area contributed by atoms with E-state index in [-0.39, 0.29) is 5.41 Å². The first-order valence-corrected chi connectivity index (χ1v) is 6.49. The lowest BCUT2D eigenvalue weighted by atomic mass is 9.89. The molecule has 1 aliphatic rings. The summed E-state index contributed by atoms with van der Waals surface area (Å²) in [6.07, 6.45) is 1.02. The third-order valence-electron chi connectivity index (χ3n) is 3.63. The summed E-state index contributed by atoms with van der Waals surface area (Å²) >= 11 is 5.10. The minimum atomic E-state index is -0.0376. The molecule has 1 aliphatic heterocycles. The highest BCUT2D eigenvalue weighted by Crippen LogP contribution is 2.26. The highest BCUT2D eigenvalue weighted by molar-refractivity contribution is 7.80. The topological polar surface area (TPSA) is 29.3 Å². The van der Waals surface area contributed by atoms with Crippen LogP contribution in [0.5, 0.6) is 0 Å². The maximum absolute atomic E-state index is 5.75. The zero-order valence-electron chi connectivity index (χ0n) is 10.6. The van der Waals surface area contributed by atoms with Crippen molar-refractivity contribution in [2.24, 2.45) is 11.1 Å². The summed E-state index contributed by atoms with van der Waals surface area (Å²) in [7, 11) is 0. The Bertz CT molecular complexity index is 401. The second-order valence-electron chi connectivity index (χ2n) is 5.48. The first kappa shape index (κ1) is 12.5. The van der Waals surface area contributed by atoms with Crippen molar-refractivity contribution in [1.29, 1.82) is 0 Å². The summed E-state index contributed by atoms with van der Waals surface area (Å²) in [5.74, 6) is 0. The van der Waals surface area contributed by atoms with Gasteiger partial charge in [0.15, 0.2) is 0 Å². The van der Waals surface area contributed by atoms with Crippen molar-refractivity contribution in [2.75, 3.05) is 6.54 Å². The molecule has 0 amide bonds. The summed E-state index contributed by atoms with van der Waals surface area (Å²) < 4.78 is 0. The average molecular weight is 248 g/mol. The fourth-order valence-electron chi connectivity index (χ4n) is 2.12. The fourth-order valence-corrected chi connectivity index (χ4v) is 2.22. The lowest BCUT2D eigenvalue weighted by Gasteiger charge is -2.26. The van der Waals surface area contributed by atoms with Crippen LogP contribution in [-0.4, -0.2) is 16.4 Å². The summed E-state index contributed by atoms with van der Waals surface area (Å²) in [6.45, 7) is 7.42. The largest absolute Gasteiger partial charge is 0.393 e. The maximum atomic E-state index is 5.75. The number of hydrogen-bond acceptors (Lipinski definition) is 2. The molecule has 0 spiro atoms. The van der Waals surface area contributed by atoms with Gasteiger partial charge in [0.25, 0.3) is 0 Å². The molecule has 0 bridgehead atoms. The quantitative estimate of drug-likeness (QED) is 0.831. The monoisotopic (exact) mass is 248 g/mol. The first-order chi connectivity index (χ1) is 7.99. The highest BCUT2D eigenvalue weighted by atomic mass is 32.1. The fraction of sp³-hybridized carbons (Fsp3) is 0.500. The Hall–Kier alpha value is -0.930. The van der Waals surface area contributed by atoms with Crippen LogP contribution in [0.2, 0.25) is 0 Å². The molecule has 17 heavy (non-hydrogen) atoms. The van der Waals surface area contributed by atoms with Gasteiger partial charge in [0.2, 0.25) is 0 Å². The van der Waals surface area contributed by atoms with Gasteiger partial charge in [-0.3, -0.25) is 4.90 Å². The van der Waals surface area contributed by atoms with Gasteiger partial charge in [-0.2, -0.15) is 0 Å². The van der Waals surface area contributed by atoms with Crippen molar-refractivity contribution in [2.45, 2.75) is 33.4 Å². The molecule has 92 valence electrons. The Kier molecular flexibility index (Phi) is 3.50. The van der Waals surface area contributed by atoms with Gasteiger partial charge in [-0.25, -0.2) is 0 Å². The van der Waals surface area contributed by atoms with E-state index in [1.54, 1.807) is 0 Å². The van der Waals surface area contributed by atoms with Crippen LogP contribution in [0.4, 0.5) is 0 Å². The number of rotatable bonds is 4. The van der Waals surface area contributed by atoms with Crippen LogP contribution >= 0.6 is 12.2 Å².